The first-order valence-electron chi connectivity index (χ1n) is 12.8. The van der Waals surface area contributed by atoms with Gasteiger partial charge in [-0.25, -0.2) is 0 Å². The van der Waals surface area contributed by atoms with E-state index in [2.05, 4.69) is 21.6 Å². The average molecular weight is 510 g/mol. The Morgan fingerprint density at radius 2 is 1.84 bits per heavy atom. The Balaban J connectivity index is 1.54. The molecule has 1 unspecified atom stereocenters. The number of hydrogen-bond acceptors (Lipinski definition) is 6. The second kappa shape index (κ2) is 8.81. The third kappa shape index (κ3) is 4.01. The normalized spacial score (nSPS) is 20.3. The van der Waals surface area contributed by atoms with E-state index in [1.54, 1.807) is 12.1 Å². The molecule has 1 aliphatic heterocycles. The van der Waals surface area contributed by atoms with Crippen LogP contribution >= 0.6 is 0 Å². The number of nitrogens with one attached hydrogen (secondary N) is 1. The summed E-state index contributed by atoms with van der Waals surface area (Å²) in [5, 5.41) is 23.9. The number of carbonyl (C=O) groups is 1. The lowest BCUT2D eigenvalue weighted by Gasteiger charge is -2.33. The summed E-state index contributed by atoms with van der Waals surface area (Å²) in [4.78, 5) is 13.5. The summed E-state index contributed by atoms with van der Waals surface area (Å²) < 4.78 is 35.2. The van der Waals surface area contributed by atoms with Crippen LogP contribution in [-0.4, -0.2) is 39.9 Å². The Bertz CT molecular complexity index is 1380. The maximum atomic E-state index is 14.8. The number of nitrogens with zero attached hydrogens (tertiary/aromatic N) is 2. The number of aryl methyl sites for hydroxylation is 1. The van der Waals surface area contributed by atoms with Crippen LogP contribution in [0, 0.1) is 6.92 Å². The van der Waals surface area contributed by atoms with Gasteiger partial charge in [0.15, 0.2) is 11.6 Å². The summed E-state index contributed by atoms with van der Waals surface area (Å²) in [7, 11) is 0. The van der Waals surface area contributed by atoms with Crippen LogP contribution in [0.2, 0.25) is 0 Å². The number of benzene rings is 2. The van der Waals surface area contributed by atoms with E-state index in [1.165, 1.54) is 12.1 Å². The quantitative estimate of drug-likeness (QED) is 0.459. The summed E-state index contributed by atoms with van der Waals surface area (Å²) in [6.07, 6.45) is 1.36. The van der Waals surface area contributed by atoms with Gasteiger partial charge in [-0.3, -0.25) is 4.79 Å². The largest absolute Gasteiger partial charge is 0.384 e. The lowest BCUT2D eigenvalue weighted by molar-refractivity contribution is -0.168. The van der Waals surface area contributed by atoms with Crippen LogP contribution < -0.4 is 5.32 Å². The second-order valence-electron chi connectivity index (χ2n) is 11.0. The van der Waals surface area contributed by atoms with Crippen molar-refractivity contribution in [2.24, 2.45) is 0 Å². The van der Waals surface area contributed by atoms with Gasteiger partial charge in [0.2, 0.25) is 0 Å². The number of carbonyl (C=O) groups excluding carboxylic acids is 1. The standard InChI is InChI=1S/C29H33F2N3O3/c1-16-21-14-23-22(15-24(21)28(25(16)35)9-11-37-12-10-28)18(3)33-34-26(23)32-17(2)19-7-6-8-20(13-19)29(30,31)27(4,5)36/h6-8,13-17,36H,9-12H2,1-5H3,(H,32,34)/t16?,17-/m1/s1. The van der Waals surface area contributed by atoms with Crippen molar-refractivity contribution in [2.75, 3.05) is 18.5 Å². The molecule has 0 saturated carbocycles. The highest BCUT2D eigenvalue weighted by Crippen LogP contribution is 2.50. The minimum absolute atomic E-state index is 0.225. The summed E-state index contributed by atoms with van der Waals surface area (Å²) in [5.41, 5.74) is 0.505. The van der Waals surface area contributed by atoms with E-state index < -0.39 is 16.9 Å². The molecule has 6 nitrogen and oxygen atoms in total. The predicted octanol–water partition coefficient (Wildman–Crippen LogP) is 5.71. The smallest absolute Gasteiger partial charge is 0.300 e. The predicted molar refractivity (Wildman–Crippen MR) is 138 cm³/mol. The molecule has 1 saturated heterocycles. The van der Waals surface area contributed by atoms with Gasteiger partial charge >= 0.3 is 5.92 Å². The van der Waals surface area contributed by atoms with Crippen LogP contribution in [0.5, 0.6) is 0 Å². The molecule has 0 bridgehead atoms. The lowest BCUT2D eigenvalue weighted by Crippen LogP contribution is -2.40. The van der Waals surface area contributed by atoms with Gasteiger partial charge in [-0.05, 0) is 75.4 Å². The fourth-order valence-corrected chi connectivity index (χ4v) is 5.79. The monoisotopic (exact) mass is 509 g/mol. The number of aromatic nitrogens is 2. The second-order valence-corrected chi connectivity index (χ2v) is 11.0. The van der Waals surface area contributed by atoms with Crippen molar-refractivity contribution in [3.8, 4) is 0 Å². The lowest BCUT2D eigenvalue weighted by atomic mass is 9.74. The Morgan fingerprint density at radius 3 is 2.51 bits per heavy atom. The highest BCUT2D eigenvalue weighted by molar-refractivity contribution is 6.04. The van der Waals surface area contributed by atoms with Crippen molar-refractivity contribution in [2.45, 2.75) is 76.4 Å². The first kappa shape index (κ1) is 25.7. The van der Waals surface area contributed by atoms with E-state index in [4.69, 9.17) is 4.74 Å². The first-order valence-corrected chi connectivity index (χ1v) is 12.8. The molecule has 2 aromatic carbocycles. The number of hydrogen-bond donors (Lipinski definition) is 2. The van der Waals surface area contributed by atoms with Crippen molar-refractivity contribution in [1.82, 2.24) is 10.2 Å². The fraction of sp³-hybridized carbons (Fsp3) is 0.483. The van der Waals surface area contributed by atoms with Crippen molar-refractivity contribution < 1.29 is 23.4 Å². The highest BCUT2D eigenvalue weighted by Gasteiger charge is 2.51. The molecule has 1 fully saturated rings. The van der Waals surface area contributed by atoms with Crippen molar-refractivity contribution in [3.63, 3.8) is 0 Å². The molecule has 1 aromatic heterocycles. The molecule has 5 rings (SSSR count). The van der Waals surface area contributed by atoms with Gasteiger partial charge in [-0.15, -0.1) is 5.10 Å². The van der Waals surface area contributed by atoms with Crippen molar-refractivity contribution >= 4 is 22.4 Å². The SMILES string of the molecule is Cc1nnc(N[C@H](C)c2cccc(C(F)(F)C(C)(C)O)c2)c2cc3c(cc12)C1(CCOCC1)C(=O)C3C. The molecule has 2 atom stereocenters. The van der Waals surface area contributed by atoms with Gasteiger partial charge in [0.1, 0.15) is 5.60 Å². The topological polar surface area (TPSA) is 84.3 Å². The maximum absolute atomic E-state index is 14.8. The summed E-state index contributed by atoms with van der Waals surface area (Å²) in [5.74, 6) is -2.87. The zero-order valence-electron chi connectivity index (χ0n) is 21.9. The number of fused-ring (bicyclic) bond motifs is 3. The number of alkyl halides is 2. The Labute approximate surface area is 215 Å². The van der Waals surface area contributed by atoms with E-state index in [-0.39, 0.29) is 23.3 Å². The number of rotatable bonds is 5. The molecule has 2 heterocycles. The summed E-state index contributed by atoms with van der Waals surface area (Å²) >= 11 is 0. The molecular weight excluding hydrogens is 476 g/mol. The van der Waals surface area contributed by atoms with Crippen molar-refractivity contribution in [1.29, 1.82) is 0 Å². The van der Waals surface area contributed by atoms with E-state index >= 15 is 0 Å². The van der Waals surface area contributed by atoms with Crippen LogP contribution in [0.4, 0.5) is 14.6 Å². The summed E-state index contributed by atoms with van der Waals surface area (Å²) in [6, 6.07) is 9.84. The number of ether oxygens (including phenoxy) is 1. The molecule has 1 spiro atoms. The fourth-order valence-electron chi connectivity index (χ4n) is 5.79. The average Bonchev–Trinajstić information content (AvgIpc) is 3.06. The molecule has 0 amide bonds. The minimum Gasteiger partial charge on any atom is -0.384 e. The number of Topliss-reactive ketones (excluding diaryl/α,β-unsaturated/α-hetero) is 1. The first-order chi connectivity index (χ1) is 17.4. The van der Waals surface area contributed by atoms with Crippen molar-refractivity contribution in [3.05, 3.63) is 64.3 Å². The van der Waals surface area contributed by atoms with Gasteiger partial charge in [0, 0.05) is 35.5 Å². The van der Waals surface area contributed by atoms with E-state index in [1.807, 2.05) is 26.8 Å². The zero-order valence-corrected chi connectivity index (χ0v) is 21.9. The molecule has 37 heavy (non-hydrogen) atoms. The molecule has 196 valence electrons. The minimum atomic E-state index is -3.41. The number of halogens is 2. The van der Waals surface area contributed by atoms with E-state index in [9.17, 15) is 18.7 Å². The molecular formula is C29H33F2N3O3. The maximum Gasteiger partial charge on any atom is 0.300 e. The van der Waals surface area contributed by atoms with Gasteiger partial charge in [0.25, 0.3) is 0 Å². The Kier molecular flexibility index (Phi) is 6.11. The Morgan fingerprint density at radius 1 is 1.14 bits per heavy atom. The van der Waals surface area contributed by atoms with Gasteiger partial charge < -0.3 is 15.2 Å². The molecule has 3 aromatic rings. The molecule has 2 N–H and O–H groups in total. The van der Waals surface area contributed by atoms with Crippen LogP contribution in [-0.2, 0) is 20.9 Å². The zero-order chi connectivity index (χ0) is 26.8. The molecule has 1 aliphatic carbocycles. The van der Waals surface area contributed by atoms with Gasteiger partial charge in [-0.1, -0.05) is 25.1 Å². The number of aliphatic hydroxyl groups is 1. The number of anilines is 1. The highest BCUT2D eigenvalue weighted by atomic mass is 19.3. The van der Waals surface area contributed by atoms with E-state index in [0.29, 0.717) is 37.4 Å². The van der Waals surface area contributed by atoms with E-state index in [0.717, 1.165) is 41.4 Å². The summed E-state index contributed by atoms with van der Waals surface area (Å²) in [6.45, 7) is 9.06. The molecule has 8 heteroatoms. The van der Waals surface area contributed by atoms with Crippen LogP contribution in [0.3, 0.4) is 0 Å². The Hall–Kier alpha value is -2.97. The molecule has 0 radical (unpaired) electrons. The number of ketones is 1. The van der Waals surface area contributed by atoms with Gasteiger partial charge in [0.05, 0.1) is 17.2 Å². The van der Waals surface area contributed by atoms with Crippen LogP contribution in [0.1, 0.15) is 80.4 Å². The van der Waals surface area contributed by atoms with Crippen LogP contribution in [0.15, 0.2) is 36.4 Å². The third-order valence-electron chi connectivity index (χ3n) is 8.20. The van der Waals surface area contributed by atoms with Crippen LogP contribution in [0.25, 0.3) is 10.8 Å². The molecule has 2 aliphatic rings. The third-order valence-corrected chi connectivity index (χ3v) is 8.20. The van der Waals surface area contributed by atoms with Gasteiger partial charge in [-0.2, -0.15) is 13.9 Å².